The summed E-state index contributed by atoms with van der Waals surface area (Å²) in [5, 5.41) is 10.3. The quantitative estimate of drug-likeness (QED) is 0.604. The van der Waals surface area contributed by atoms with E-state index in [4.69, 9.17) is 0 Å². The molecule has 1 nitrogen and oxygen atoms in total. The third kappa shape index (κ3) is 2.80. The zero-order valence-electron chi connectivity index (χ0n) is 17.5. The van der Waals surface area contributed by atoms with Crippen molar-refractivity contribution in [1.29, 1.82) is 0 Å². The highest BCUT2D eigenvalue weighted by Crippen LogP contribution is 2.39. The fourth-order valence-corrected chi connectivity index (χ4v) is 4.06. The van der Waals surface area contributed by atoms with Gasteiger partial charge < -0.3 is 5.11 Å². The molecule has 0 radical (unpaired) electrons. The van der Waals surface area contributed by atoms with Crippen molar-refractivity contribution in [3.63, 3.8) is 0 Å². The van der Waals surface area contributed by atoms with Crippen molar-refractivity contribution >= 4 is 5.57 Å². The SMILES string of the molecule is Cc1c(C)c(C)c(C(=CO)c2c(C)c(C)c(C)c(C)c2C)c(C)c1C. The van der Waals surface area contributed by atoms with Crippen LogP contribution in [0.5, 0.6) is 0 Å². The molecule has 0 aliphatic heterocycles. The zero-order valence-corrected chi connectivity index (χ0v) is 17.5. The standard InChI is InChI=1S/C24H32O/c1-12-14(3)18(7)23(19(8)15(12)4)22(11-25)24-20(9)16(5)13(2)17(6)21(24)10/h11,25H,1-10H3. The first kappa shape index (κ1) is 19.3. The molecule has 0 saturated carbocycles. The molecular weight excluding hydrogens is 304 g/mol. The van der Waals surface area contributed by atoms with Crippen molar-refractivity contribution < 1.29 is 5.11 Å². The highest BCUT2D eigenvalue weighted by molar-refractivity contribution is 5.87. The molecule has 0 bridgehead atoms. The number of benzene rings is 2. The average Bonchev–Trinajstić information content (AvgIpc) is 2.60. The Bertz CT molecular complexity index is 766. The normalized spacial score (nSPS) is 11.0. The fourth-order valence-electron chi connectivity index (χ4n) is 4.06. The van der Waals surface area contributed by atoms with Crippen LogP contribution < -0.4 is 0 Å². The van der Waals surface area contributed by atoms with Crippen LogP contribution >= 0.6 is 0 Å². The van der Waals surface area contributed by atoms with E-state index in [2.05, 4.69) is 69.2 Å². The average molecular weight is 337 g/mol. The summed E-state index contributed by atoms with van der Waals surface area (Å²) < 4.78 is 0. The Balaban J connectivity index is 2.96. The molecule has 2 rings (SSSR count). The van der Waals surface area contributed by atoms with E-state index in [9.17, 15) is 5.11 Å². The second-order valence-electron chi connectivity index (χ2n) is 7.54. The van der Waals surface area contributed by atoms with Gasteiger partial charge in [-0.25, -0.2) is 0 Å². The molecule has 0 saturated heterocycles. The highest BCUT2D eigenvalue weighted by atomic mass is 16.2. The number of hydrogen-bond donors (Lipinski definition) is 1. The Morgan fingerprint density at radius 2 is 0.640 bits per heavy atom. The Hall–Kier alpha value is -2.02. The largest absolute Gasteiger partial charge is 0.515 e. The van der Waals surface area contributed by atoms with E-state index in [1.165, 1.54) is 73.0 Å². The summed E-state index contributed by atoms with van der Waals surface area (Å²) in [7, 11) is 0. The number of rotatable bonds is 2. The summed E-state index contributed by atoms with van der Waals surface area (Å²) in [6.07, 6.45) is 1.31. The van der Waals surface area contributed by atoms with Crippen LogP contribution in [0.15, 0.2) is 6.26 Å². The molecule has 2 aromatic rings. The number of aliphatic hydroxyl groups is 1. The molecule has 0 unspecified atom stereocenters. The van der Waals surface area contributed by atoms with Gasteiger partial charge >= 0.3 is 0 Å². The molecule has 1 N–H and O–H groups in total. The van der Waals surface area contributed by atoms with Crippen molar-refractivity contribution in [3.8, 4) is 0 Å². The molecule has 0 amide bonds. The van der Waals surface area contributed by atoms with Crippen LogP contribution in [0.4, 0.5) is 0 Å². The van der Waals surface area contributed by atoms with Gasteiger partial charge in [0.15, 0.2) is 0 Å². The number of hydrogen-bond acceptors (Lipinski definition) is 1. The third-order valence-electron chi connectivity index (χ3n) is 6.67. The molecule has 2 aromatic carbocycles. The summed E-state index contributed by atoms with van der Waals surface area (Å²) in [5.74, 6) is 0. The van der Waals surface area contributed by atoms with E-state index in [1.807, 2.05) is 0 Å². The first-order valence-corrected chi connectivity index (χ1v) is 9.05. The van der Waals surface area contributed by atoms with E-state index in [1.54, 1.807) is 0 Å². The molecule has 25 heavy (non-hydrogen) atoms. The lowest BCUT2D eigenvalue weighted by Gasteiger charge is -2.25. The smallest absolute Gasteiger partial charge is 0.0876 e. The summed E-state index contributed by atoms with van der Waals surface area (Å²) in [6, 6.07) is 0. The highest BCUT2D eigenvalue weighted by Gasteiger charge is 2.22. The lowest BCUT2D eigenvalue weighted by atomic mass is 9.80. The van der Waals surface area contributed by atoms with E-state index < -0.39 is 0 Å². The molecule has 0 heterocycles. The van der Waals surface area contributed by atoms with Crippen LogP contribution in [0.3, 0.4) is 0 Å². The molecule has 134 valence electrons. The molecule has 0 spiro atoms. The van der Waals surface area contributed by atoms with Gasteiger partial charge in [0, 0.05) is 5.57 Å². The zero-order chi connectivity index (χ0) is 19.2. The third-order valence-corrected chi connectivity index (χ3v) is 6.67. The maximum atomic E-state index is 10.3. The van der Waals surface area contributed by atoms with Crippen molar-refractivity contribution in [2.45, 2.75) is 69.2 Å². The van der Waals surface area contributed by atoms with Gasteiger partial charge in [-0.1, -0.05) is 0 Å². The van der Waals surface area contributed by atoms with Gasteiger partial charge in [-0.05, 0) is 136 Å². The maximum absolute atomic E-state index is 10.3. The topological polar surface area (TPSA) is 20.2 Å². The van der Waals surface area contributed by atoms with E-state index in [0.29, 0.717) is 0 Å². The van der Waals surface area contributed by atoms with Crippen LogP contribution in [-0.4, -0.2) is 5.11 Å². The summed E-state index contributed by atoms with van der Waals surface area (Å²) in [4.78, 5) is 0. The van der Waals surface area contributed by atoms with E-state index in [0.717, 1.165) is 5.57 Å². The molecule has 1 heteroatoms. The predicted octanol–water partition coefficient (Wildman–Crippen LogP) is 6.72. The summed E-state index contributed by atoms with van der Waals surface area (Å²) in [5.41, 5.74) is 16.3. The maximum Gasteiger partial charge on any atom is 0.0876 e. The van der Waals surface area contributed by atoms with Gasteiger partial charge in [-0.3, -0.25) is 0 Å². The summed E-state index contributed by atoms with van der Waals surface area (Å²) >= 11 is 0. The summed E-state index contributed by atoms with van der Waals surface area (Å²) in [6.45, 7) is 21.8. The Morgan fingerprint density at radius 1 is 0.440 bits per heavy atom. The lowest BCUT2D eigenvalue weighted by Crippen LogP contribution is -2.08. The van der Waals surface area contributed by atoms with E-state index in [-0.39, 0.29) is 0 Å². The Kier molecular flexibility index (Phi) is 5.18. The Morgan fingerprint density at radius 3 is 0.840 bits per heavy atom. The van der Waals surface area contributed by atoms with Crippen LogP contribution in [0.25, 0.3) is 5.57 Å². The van der Waals surface area contributed by atoms with Crippen molar-refractivity contribution in [2.24, 2.45) is 0 Å². The monoisotopic (exact) mass is 336 g/mol. The van der Waals surface area contributed by atoms with Crippen LogP contribution in [-0.2, 0) is 0 Å². The first-order valence-electron chi connectivity index (χ1n) is 9.05. The fraction of sp³-hybridized carbons (Fsp3) is 0.417. The van der Waals surface area contributed by atoms with Gasteiger partial charge in [0.2, 0.25) is 0 Å². The van der Waals surface area contributed by atoms with Crippen LogP contribution in [0.1, 0.15) is 66.8 Å². The molecule has 0 fully saturated rings. The van der Waals surface area contributed by atoms with Gasteiger partial charge in [-0.15, -0.1) is 0 Å². The second kappa shape index (κ2) is 6.71. The van der Waals surface area contributed by atoms with Gasteiger partial charge in [0.25, 0.3) is 0 Å². The molecule has 0 atom stereocenters. The molecule has 0 aliphatic rings. The number of aliphatic hydroxyl groups excluding tert-OH is 1. The van der Waals surface area contributed by atoms with Crippen molar-refractivity contribution in [3.05, 3.63) is 73.0 Å². The minimum absolute atomic E-state index is 0.947. The predicted molar refractivity (Wildman–Crippen MR) is 110 cm³/mol. The van der Waals surface area contributed by atoms with Gasteiger partial charge in [-0.2, -0.15) is 0 Å². The molecular formula is C24H32O. The molecule has 0 aliphatic carbocycles. The molecule has 0 aromatic heterocycles. The lowest BCUT2D eigenvalue weighted by molar-refractivity contribution is 0.476. The van der Waals surface area contributed by atoms with E-state index >= 15 is 0 Å². The first-order chi connectivity index (χ1) is 11.6. The van der Waals surface area contributed by atoms with Crippen molar-refractivity contribution in [2.75, 3.05) is 0 Å². The van der Waals surface area contributed by atoms with Crippen LogP contribution in [0.2, 0.25) is 0 Å². The van der Waals surface area contributed by atoms with Gasteiger partial charge in [0.05, 0.1) is 6.26 Å². The van der Waals surface area contributed by atoms with Crippen molar-refractivity contribution in [1.82, 2.24) is 0 Å². The second-order valence-corrected chi connectivity index (χ2v) is 7.54. The Labute approximate surface area is 153 Å². The van der Waals surface area contributed by atoms with Gasteiger partial charge in [0.1, 0.15) is 0 Å². The minimum atomic E-state index is 0.947. The van der Waals surface area contributed by atoms with Crippen LogP contribution in [0, 0.1) is 69.2 Å². The minimum Gasteiger partial charge on any atom is -0.515 e.